The van der Waals surface area contributed by atoms with E-state index >= 15 is 0 Å². The molecule has 4 N–H and O–H groups in total. The van der Waals surface area contributed by atoms with Crippen LogP contribution in [0.3, 0.4) is 0 Å². The number of hydrogen-bond donors (Lipinski definition) is 4. The van der Waals surface area contributed by atoms with Gasteiger partial charge in [0.15, 0.2) is 0 Å². The Morgan fingerprint density at radius 3 is 1.59 bits per heavy atom. The molecule has 0 radical (unpaired) electrons. The van der Waals surface area contributed by atoms with E-state index in [-0.39, 0.29) is 0 Å². The van der Waals surface area contributed by atoms with Crippen LogP contribution in [-0.4, -0.2) is 44.3 Å². The van der Waals surface area contributed by atoms with E-state index in [0.29, 0.717) is 12.2 Å². The average Bonchev–Trinajstić information content (AvgIpc) is 2.13. The molecule has 0 fully saturated rings. The Balaban J connectivity index is 0. The topological polar surface area (TPSA) is 141 Å². The maximum atomic E-state index is 10.2. The van der Waals surface area contributed by atoms with Crippen molar-refractivity contribution in [3.63, 3.8) is 0 Å². The molecule has 0 aromatic carbocycles. The van der Waals surface area contributed by atoms with Gasteiger partial charge in [0.25, 0.3) is 0 Å². The summed E-state index contributed by atoms with van der Waals surface area (Å²) in [5.41, 5.74) is 0. The van der Waals surface area contributed by atoms with Crippen molar-refractivity contribution >= 4 is 17.9 Å². The fourth-order valence-electron chi connectivity index (χ4n) is 0.375. The predicted octanol–water partition coefficient (Wildman–Crippen LogP) is -0.914. The Morgan fingerprint density at radius 2 is 1.47 bits per heavy atom. The van der Waals surface area contributed by atoms with Gasteiger partial charge in [-0.05, 0) is 0 Å². The van der Waals surface area contributed by atoms with Gasteiger partial charge < -0.3 is 25.2 Å². The molecule has 0 bridgehead atoms. The van der Waals surface area contributed by atoms with Gasteiger partial charge in [-0.3, -0.25) is 0 Å². The van der Waals surface area contributed by atoms with Gasteiger partial charge in [0.2, 0.25) is 0 Å². The van der Waals surface area contributed by atoms with Crippen molar-refractivity contribution in [2.75, 3.05) is 0 Å². The lowest BCUT2D eigenvalue weighted by Crippen LogP contribution is -2.29. The summed E-state index contributed by atoms with van der Waals surface area (Å²) in [5, 5.41) is 32.4. The van der Waals surface area contributed by atoms with Crippen LogP contribution in [0.15, 0.2) is 24.8 Å². The van der Waals surface area contributed by atoms with Crippen LogP contribution in [0.1, 0.15) is 6.92 Å². The van der Waals surface area contributed by atoms with Gasteiger partial charge in [-0.1, -0.05) is 6.58 Å². The van der Waals surface area contributed by atoms with Gasteiger partial charge in [0.1, 0.15) is 0 Å². The number of rotatable bonds is 4. The van der Waals surface area contributed by atoms with Crippen molar-refractivity contribution < 1.29 is 39.5 Å². The normalized spacial score (nSPS) is 10.1. The highest BCUT2D eigenvalue weighted by molar-refractivity contribution is 5.89. The molecule has 0 aliphatic carbocycles. The molecule has 0 aliphatic rings. The number of carbonyl (C=O) groups is 3. The Kier molecular flexibility index (Phi) is 8.12. The molecule has 96 valence electrons. The Bertz CT molecular complexity index is 306. The van der Waals surface area contributed by atoms with E-state index in [1.54, 1.807) is 0 Å². The second-order valence-corrected chi connectivity index (χ2v) is 2.57. The van der Waals surface area contributed by atoms with E-state index in [1.807, 2.05) is 0 Å². The van der Waals surface area contributed by atoms with E-state index in [2.05, 4.69) is 11.3 Å². The zero-order chi connectivity index (χ0) is 14.1. The van der Waals surface area contributed by atoms with Gasteiger partial charge >= 0.3 is 23.9 Å². The van der Waals surface area contributed by atoms with E-state index in [4.69, 9.17) is 20.4 Å². The summed E-state index contributed by atoms with van der Waals surface area (Å²) < 4.78 is 3.94. The third-order valence-electron chi connectivity index (χ3n) is 0.829. The number of ether oxygens (including phenoxy) is 1. The third kappa shape index (κ3) is 20.0. The molecule has 0 aromatic heterocycles. The predicted molar refractivity (Wildman–Crippen MR) is 53.5 cm³/mol. The van der Waals surface area contributed by atoms with Gasteiger partial charge in [-0.15, -0.1) is 0 Å². The first-order valence-electron chi connectivity index (χ1n) is 4.02. The minimum atomic E-state index is -2.40. The van der Waals surface area contributed by atoms with Crippen LogP contribution < -0.4 is 0 Å². The largest absolute Gasteiger partial charge is 0.478 e. The van der Waals surface area contributed by atoms with Crippen LogP contribution in [0.5, 0.6) is 0 Å². The van der Waals surface area contributed by atoms with Crippen molar-refractivity contribution in [1.82, 2.24) is 0 Å². The first-order chi connectivity index (χ1) is 7.58. The molecule has 8 heteroatoms. The maximum absolute atomic E-state index is 10.2. The molecule has 0 unspecified atom stereocenters. The highest BCUT2D eigenvalue weighted by Gasteiger charge is 2.18. The molecule has 8 nitrogen and oxygen atoms in total. The smallest absolute Gasteiger partial charge is 0.334 e. The van der Waals surface area contributed by atoms with Crippen molar-refractivity contribution in [2.24, 2.45) is 0 Å². The van der Waals surface area contributed by atoms with Crippen molar-refractivity contribution in [1.29, 1.82) is 0 Å². The summed E-state index contributed by atoms with van der Waals surface area (Å²) in [6, 6.07) is 0. The molecule has 0 saturated heterocycles. The Morgan fingerprint density at radius 1 is 1.12 bits per heavy atom. The lowest BCUT2D eigenvalue weighted by atomic mass is 10.5. The highest BCUT2D eigenvalue weighted by Crippen LogP contribution is 1.98. The van der Waals surface area contributed by atoms with Crippen molar-refractivity contribution in [3.05, 3.63) is 24.8 Å². The minimum absolute atomic E-state index is 0.558. The molecular formula is C9H12O8. The summed E-state index contributed by atoms with van der Waals surface area (Å²) in [4.78, 5) is 29.3. The number of esters is 1. The molecule has 0 spiro atoms. The molecule has 0 rings (SSSR count). The molecule has 0 atom stereocenters. The van der Waals surface area contributed by atoms with E-state index < -0.39 is 23.9 Å². The highest BCUT2D eigenvalue weighted by atomic mass is 16.8. The van der Waals surface area contributed by atoms with Gasteiger partial charge in [0.05, 0.1) is 0 Å². The zero-order valence-corrected chi connectivity index (χ0v) is 8.86. The Labute approximate surface area is 96.1 Å². The van der Waals surface area contributed by atoms with Gasteiger partial charge in [0, 0.05) is 25.2 Å². The first-order valence-corrected chi connectivity index (χ1v) is 4.02. The van der Waals surface area contributed by atoms with Crippen LogP contribution in [0.2, 0.25) is 0 Å². The van der Waals surface area contributed by atoms with E-state index in [0.717, 1.165) is 13.0 Å². The maximum Gasteiger partial charge on any atom is 0.334 e. The lowest BCUT2D eigenvalue weighted by molar-refractivity contribution is -0.304. The van der Waals surface area contributed by atoms with E-state index in [9.17, 15) is 14.4 Å². The molecule has 17 heavy (non-hydrogen) atoms. The molecule has 0 amide bonds. The second-order valence-electron chi connectivity index (χ2n) is 2.57. The van der Waals surface area contributed by atoms with E-state index in [1.165, 1.54) is 0 Å². The van der Waals surface area contributed by atoms with Crippen LogP contribution in [-0.2, 0) is 19.1 Å². The number of carboxylic acids is 2. The summed E-state index contributed by atoms with van der Waals surface area (Å²) in [6.45, 7) is 3.97. The summed E-state index contributed by atoms with van der Waals surface area (Å²) in [7, 11) is 0. The lowest BCUT2D eigenvalue weighted by Gasteiger charge is -2.13. The van der Waals surface area contributed by atoms with Crippen LogP contribution in [0, 0.1) is 0 Å². The summed E-state index contributed by atoms with van der Waals surface area (Å²) in [5.74, 6) is -5.78. The molecule has 0 saturated carbocycles. The standard InChI is InChI=1S/C5H8O4.C4H4O4/c1-3-4(6)9-5(2,7)8;5-3(6)1-2-4(7)8/h3,7-8H,1H2,2H3;1-2H,(H,5,6)(H,7,8)/b;2-1-. The average molecular weight is 248 g/mol. The van der Waals surface area contributed by atoms with Crippen LogP contribution in [0.4, 0.5) is 0 Å². The first kappa shape index (κ1) is 17.2. The van der Waals surface area contributed by atoms with Gasteiger partial charge in [-0.2, -0.15) is 0 Å². The van der Waals surface area contributed by atoms with Crippen LogP contribution in [0.25, 0.3) is 0 Å². The second kappa shape index (κ2) is 8.02. The fourth-order valence-corrected chi connectivity index (χ4v) is 0.375. The SMILES string of the molecule is C=CC(=O)OC(C)(O)O.O=C(O)/C=C\C(=O)O. The number of aliphatic hydroxyl groups is 2. The molecule has 0 heterocycles. The zero-order valence-electron chi connectivity index (χ0n) is 8.86. The monoisotopic (exact) mass is 248 g/mol. The molecule has 0 aromatic rings. The molecular weight excluding hydrogens is 236 g/mol. The summed E-state index contributed by atoms with van der Waals surface area (Å²) in [6.07, 6.45) is 1.95. The number of carboxylic acid groups (broad SMARTS) is 2. The third-order valence-corrected chi connectivity index (χ3v) is 0.829. The summed E-state index contributed by atoms with van der Waals surface area (Å²) >= 11 is 0. The minimum Gasteiger partial charge on any atom is -0.478 e. The van der Waals surface area contributed by atoms with Gasteiger partial charge in [-0.25, -0.2) is 14.4 Å². The molecule has 0 aliphatic heterocycles. The van der Waals surface area contributed by atoms with Crippen LogP contribution >= 0.6 is 0 Å². The van der Waals surface area contributed by atoms with Crippen molar-refractivity contribution in [3.8, 4) is 0 Å². The van der Waals surface area contributed by atoms with Crippen molar-refractivity contribution in [2.45, 2.75) is 12.9 Å². The fraction of sp³-hybridized carbons (Fsp3) is 0.222. The number of aliphatic carboxylic acids is 2. The number of hydrogen-bond acceptors (Lipinski definition) is 6. The Hall–Kier alpha value is -2.19. The number of carbonyl (C=O) groups excluding carboxylic acids is 1. The quantitative estimate of drug-likeness (QED) is 0.284.